The van der Waals surface area contributed by atoms with Gasteiger partial charge in [0, 0.05) is 0 Å². The van der Waals surface area contributed by atoms with Gasteiger partial charge in [-0.2, -0.15) is 0 Å². The van der Waals surface area contributed by atoms with Crippen molar-refractivity contribution in [3.05, 3.63) is 60.8 Å². The smallest absolute Gasteiger partial charge is 0.338 e. The van der Waals surface area contributed by atoms with E-state index in [4.69, 9.17) is 4.74 Å². The number of alkyl halides is 1. The summed E-state index contributed by atoms with van der Waals surface area (Å²) in [6.07, 6.45) is 7.29. The van der Waals surface area contributed by atoms with Crippen molar-refractivity contribution in [3.8, 4) is 0 Å². The van der Waals surface area contributed by atoms with Gasteiger partial charge in [-0.3, -0.25) is 0 Å². The second kappa shape index (κ2) is 7.52. The maximum absolute atomic E-state index is 13.4. The highest BCUT2D eigenvalue weighted by Crippen LogP contribution is 2.29. The van der Waals surface area contributed by atoms with Crippen LogP contribution in [0.25, 0.3) is 0 Å². The van der Waals surface area contributed by atoms with E-state index in [0.717, 1.165) is 18.4 Å². The summed E-state index contributed by atoms with van der Waals surface area (Å²) in [6, 6.07) is 0. The summed E-state index contributed by atoms with van der Waals surface area (Å²) in [5.74, 6) is -0.468. The molecule has 1 atom stereocenters. The Morgan fingerprint density at radius 2 is 2.21 bits per heavy atom. The third kappa shape index (κ3) is 4.36. The Morgan fingerprint density at radius 1 is 1.47 bits per heavy atom. The lowest BCUT2D eigenvalue weighted by Crippen LogP contribution is -2.13. The SMILES string of the molecule is C=C/C=C(\C=C)C(=O)OC/C=C1/CCCC(F)C1=C. The highest BCUT2D eigenvalue weighted by molar-refractivity contribution is 5.91. The van der Waals surface area contributed by atoms with Gasteiger partial charge in [-0.1, -0.05) is 31.9 Å². The second-order valence-electron chi connectivity index (χ2n) is 4.27. The zero-order chi connectivity index (χ0) is 14.3. The number of carbonyl (C=O) groups excluding carboxylic acids is 1. The van der Waals surface area contributed by atoms with E-state index >= 15 is 0 Å². The molecule has 0 aromatic carbocycles. The number of esters is 1. The van der Waals surface area contributed by atoms with Gasteiger partial charge in [0.05, 0.1) is 5.57 Å². The average Bonchev–Trinajstić information content (AvgIpc) is 2.40. The predicted molar refractivity (Wildman–Crippen MR) is 75.4 cm³/mol. The molecule has 0 heterocycles. The van der Waals surface area contributed by atoms with Gasteiger partial charge in [-0.25, -0.2) is 9.18 Å². The van der Waals surface area contributed by atoms with Crippen molar-refractivity contribution >= 4 is 5.97 Å². The number of hydrogen-bond donors (Lipinski definition) is 0. The monoisotopic (exact) mass is 262 g/mol. The first kappa shape index (κ1) is 15.2. The summed E-state index contributed by atoms with van der Waals surface area (Å²) in [4.78, 5) is 11.6. The zero-order valence-corrected chi connectivity index (χ0v) is 11.0. The minimum Gasteiger partial charge on any atom is -0.458 e. The molecule has 0 N–H and O–H groups in total. The third-order valence-electron chi connectivity index (χ3n) is 2.99. The predicted octanol–water partition coefficient (Wildman–Crippen LogP) is 3.83. The Balaban J connectivity index is 2.55. The van der Waals surface area contributed by atoms with E-state index in [0.29, 0.717) is 17.6 Å². The van der Waals surface area contributed by atoms with Gasteiger partial charge in [-0.05, 0) is 42.6 Å². The molecule has 0 spiro atoms. The van der Waals surface area contributed by atoms with Gasteiger partial charge in [0.25, 0.3) is 0 Å². The summed E-state index contributed by atoms with van der Waals surface area (Å²) in [7, 11) is 0. The highest BCUT2D eigenvalue weighted by atomic mass is 19.1. The average molecular weight is 262 g/mol. The Labute approximate surface area is 113 Å². The number of ether oxygens (including phenoxy) is 1. The van der Waals surface area contributed by atoms with Gasteiger partial charge >= 0.3 is 5.97 Å². The topological polar surface area (TPSA) is 26.3 Å². The summed E-state index contributed by atoms with van der Waals surface area (Å²) in [6.45, 7) is 10.9. The zero-order valence-electron chi connectivity index (χ0n) is 11.0. The highest BCUT2D eigenvalue weighted by Gasteiger charge is 2.20. The Hall–Kier alpha value is -1.90. The fourth-order valence-electron chi connectivity index (χ4n) is 1.89. The molecule has 102 valence electrons. The molecule has 0 radical (unpaired) electrons. The van der Waals surface area contributed by atoms with Crippen molar-refractivity contribution in [1.29, 1.82) is 0 Å². The molecule has 2 nitrogen and oxygen atoms in total. The van der Waals surface area contributed by atoms with Crippen molar-refractivity contribution in [3.63, 3.8) is 0 Å². The first-order chi connectivity index (χ1) is 9.10. The molecule has 1 aliphatic carbocycles. The van der Waals surface area contributed by atoms with E-state index in [1.165, 1.54) is 18.2 Å². The summed E-state index contributed by atoms with van der Waals surface area (Å²) >= 11 is 0. The molecule has 0 aromatic heterocycles. The molecule has 1 fully saturated rings. The van der Waals surface area contributed by atoms with Crippen molar-refractivity contribution in [1.82, 2.24) is 0 Å². The Morgan fingerprint density at radius 3 is 2.84 bits per heavy atom. The first-order valence-corrected chi connectivity index (χ1v) is 6.24. The molecule has 1 aliphatic rings. The van der Waals surface area contributed by atoms with Gasteiger partial charge in [0.15, 0.2) is 0 Å². The van der Waals surface area contributed by atoms with Gasteiger partial charge in [0.2, 0.25) is 0 Å². The molecular formula is C16H19FO2. The quantitative estimate of drug-likeness (QED) is 0.427. The molecule has 0 bridgehead atoms. The van der Waals surface area contributed by atoms with Crippen LogP contribution in [0.4, 0.5) is 4.39 Å². The number of hydrogen-bond acceptors (Lipinski definition) is 2. The van der Waals surface area contributed by atoms with Crippen LogP contribution in [0.2, 0.25) is 0 Å². The maximum atomic E-state index is 13.4. The summed E-state index contributed by atoms with van der Waals surface area (Å²) < 4.78 is 18.5. The number of carbonyl (C=O) groups is 1. The summed E-state index contributed by atoms with van der Waals surface area (Å²) in [5.41, 5.74) is 1.70. The van der Waals surface area contributed by atoms with Crippen molar-refractivity contribution in [2.24, 2.45) is 0 Å². The number of rotatable bonds is 5. The molecule has 1 unspecified atom stereocenters. The Kier molecular flexibility index (Phi) is 6.00. The van der Waals surface area contributed by atoms with Crippen molar-refractivity contribution in [2.75, 3.05) is 6.61 Å². The van der Waals surface area contributed by atoms with Crippen LogP contribution in [0, 0.1) is 0 Å². The molecule has 0 saturated heterocycles. The molecule has 3 heteroatoms. The lowest BCUT2D eigenvalue weighted by molar-refractivity contribution is -0.137. The molecular weight excluding hydrogens is 243 g/mol. The van der Waals surface area contributed by atoms with E-state index in [9.17, 15) is 9.18 Å². The molecule has 0 aromatic rings. The number of halogens is 1. The van der Waals surface area contributed by atoms with Gasteiger partial charge in [-0.15, -0.1) is 0 Å². The molecule has 19 heavy (non-hydrogen) atoms. The van der Waals surface area contributed by atoms with Crippen LogP contribution in [0.1, 0.15) is 19.3 Å². The fourth-order valence-corrected chi connectivity index (χ4v) is 1.89. The van der Waals surface area contributed by atoms with E-state index in [2.05, 4.69) is 19.7 Å². The van der Waals surface area contributed by atoms with E-state index in [1.54, 1.807) is 6.08 Å². The van der Waals surface area contributed by atoms with E-state index < -0.39 is 12.1 Å². The van der Waals surface area contributed by atoms with Crippen LogP contribution in [0.5, 0.6) is 0 Å². The lowest BCUT2D eigenvalue weighted by atomic mass is 9.89. The van der Waals surface area contributed by atoms with Crippen LogP contribution >= 0.6 is 0 Å². The second-order valence-corrected chi connectivity index (χ2v) is 4.27. The van der Waals surface area contributed by atoms with Crippen molar-refractivity contribution in [2.45, 2.75) is 25.4 Å². The first-order valence-electron chi connectivity index (χ1n) is 6.24. The minimum atomic E-state index is -0.972. The largest absolute Gasteiger partial charge is 0.458 e. The lowest BCUT2D eigenvalue weighted by Gasteiger charge is -2.20. The Bertz CT molecular complexity index is 444. The van der Waals surface area contributed by atoms with Gasteiger partial charge < -0.3 is 4.74 Å². The third-order valence-corrected chi connectivity index (χ3v) is 2.99. The standard InChI is InChI=1S/C16H19FO2/c1-4-7-13(5-2)16(18)19-11-10-14-8-6-9-15(17)12(14)3/h4-5,7,10,15H,1-3,6,8-9,11H2/b13-7+,14-10-. The fraction of sp³-hybridized carbons (Fsp3) is 0.312. The van der Waals surface area contributed by atoms with E-state index in [-0.39, 0.29) is 6.61 Å². The van der Waals surface area contributed by atoms with Crippen LogP contribution in [0.15, 0.2) is 60.8 Å². The normalized spacial score (nSPS) is 22.2. The molecule has 1 saturated carbocycles. The minimum absolute atomic E-state index is 0.113. The molecule has 0 amide bonds. The molecule has 0 aliphatic heterocycles. The van der Waals surface area contributed by atoms with Crippen LogP contribution in [-0.2, 0) is 9.53 Å². The van der Waals surface area contributed by atoms with Crippen LogP contribution < -0.4 is 0 Å². The number of allylic oxidation sites excluding steroid dienone is 4. The molecule has 1 rings (SSSR count). The van der Waals surface area contributed by atoms with Crippen LogP contribution in [0.3, 0.4) is 0 Å². The maximum Gasteiger partial charge on any atom is 0.338 e. The summed E-state index contributed by atoms with van der Waals surface area (Å²) in [5, 5.41) is 0. The van der Waals surface area contributed by atoms with Crippen molar-refractivity contribution < 1.29 is 13.9 Å². The van der Waals surface area contributed by atoms with E-state index in [1.807, 2.05) is 0 Å². The van der Waals surface area contributed by atoms with Crippen LogP contribution in [-0.4, -0.2) is 18.7 Å². The van der Waals surface area contributed by atoms with Gasteiger partial charge in [0.1, 0.15) is 12.8 Å².